The Kier molecular flexibility index (Phi) is 7.53. The van der Waals surface area contributed by atoms with Gasteiger partial charge in [-0.15, -0.1) is 0 Å². The third-order valence-electron chi connectivity index (χ3n) is 6.04. The van der Waals surface area contributed by atoms with Gasteiger partial charge in [-0.25, -0.2) is 9.97 Å². The first-order valence-corrected chi connectivity index (χ1v) is 11.7. The van der Waals surface area contributed by atoms with Crippen LogP contribution < -0.4 is 19.7 Å². The lowest BCUT2D eigenvalue weighted by Gasteiger charge is -2.33. The predicted molar refractivity (Wildman–Crippen MR) is 134 cm³/mol. The minimum atomic E-state index is -0.128. The van der Waals surface area contributed by atoms with Crippen molar-refractivity contribution in [3.8, 4) is 22.9 Å². The van der Waals surface area contributed by atoms with Gasteiger partial charge >= 0.3 is 0 Å². The van der Waals surface area contributed by atoms with Crippen molar-refractivity contribution in [2.45, 2.75) is 19.8 Å². The maximum absolute atomic E-state index is 12.7. The Morgan fingerprint density at radius 1 is 1.09 bits per heavy atom. The van der Waals surface area contributed by atoms with E-state index in [1.54, 1.807) is 38.6 Å². The normalized spacial score (nSPS) is 14.1. The van der Waals surface area contributed by atoms with Crippen molar-refractivity contribution < 1.29 is 14.3 Å². The van der Waals surface area contributed by atoms with Gasteiger partial charge in [-0.2, -0.15) is 0 Å². The smallest absolute Gasteiger partial charge is 0.251 e. The number of benzene rings is 2. The topological polar surface area (TPSA) is 76.6 Å². The fourth-order valence-electron chi connectivity index (χ4n) is 4.17. The highest BCUT2D eigenvalue weighted by Gasteiger charge is 2.22. The van der Waals surface area contributed by atoms with E-state index >= 15 is 0 Å². The van der Waals surface area contributed by atoms with E-state index < -0.39 is 0 Å². The number of carbonyl (C=O) groups excluding carboxylic acids is 1. The number of ether oxygens (including phenoxy) is 2. The van der Waals surface area contributed by atoms with Crippen molar-refractivity contribution in [1.82, 2.24) is 15.3 Å². The number of aromatic nitrogens is 2. The van der Waals surface area contributed by atoms with Crippen molar-refractivity contribution in [2.24, 2.45) is 5.92 Å². The Bertz CT molecular complexity index is 1120. The maximum Gasteiger partial charge on any atom is 0.251 e. The van der Waals surface area contributed by atoms with E-state index in [1.165, 1.54) is 0 Å². The van der Waals surface area contributed by atoms with Gasteiger partial charge in [-0.3, -0.25) is 4.79 Å². The molecule has 1 saturated heterocycles. The zero-order valence-corrected chi connectivity index (χ0v) is 20.4. The molecular weight excluding hydrogens is 452 g/mol. The van der Waals surface area contributed by atoms with Crippen LogP contribution in [0.2, 0.25) is 5.02 Å². The lowest BCUT2D eigenvalue weighted by Crippen LogP contribution is -2.39. The predicted octanol–water partition coefficient (Wildman–Crippen LogP) is 4.77. The molecule has 0 saturated carbocycles. The Balaban J connectivity index is 1.34. The largest absolute Gasteiger partial charge is 0.497 e. The SMILES string of the molecule is COc1cc(OC)cc(C(=O)NCC2CCN(c3ccnc(-c4cc(C)cc(Cl)c4)n3)CC2)c1. The van der Waals surface area contributed by atoms with Crippen molar-refractivity contribution in [3.63, 3.8) is 0 Å². The minimum absolute atomic E-state index is 0.128. The van der Waals surface area contributed by atoms with E-state index in [4.69, 9.17) is 26.1 Å². The van der Waals surface area contributed by atoms with E-state index in [0.29, 0.717) is 40.4 Å². The number of nitrogens with one attached hydrogen (secondary N) is 1. The maximum atomic E-state index is 12.7. The number of anilines is 1. The van der Waals surface area contributed by atoms with Crippen LogP contribution in [0.4, 0.5) is 5.82 Å². The molecule has 2 heterocycles. The van der Waals surface area contributed by atoms with E-state index in [2.05, 4.69) is 15.2 Å². The van der Waals surface area contributed by atoms with Crippen LogP contribution in [0.25, 0.3) is 11.4 Å². The summed E-state index contributed by atoms with van der Waals surface area (Å²) in [6, 6.07) is 13.0. The van der Waals surface area contributed by atoms with E-state index in [1.807, 2.05) is 31.2 Å². The van der Waals surface area contributed by atoms with Gasteiger partial charge in [0.15, 0.2) is 5.82 Å². The Morgan fingerprint density at radius 2 is 1.79 bits per heavy atom. The minimum Gasteiger partial charge on any atom is -0.497 e. The molecule has 3 aromatic rings. The van der Waals surface area contributed by atoms with Gasteiger partial charge in [-0.1, -0.05) is 11.6 Å². The molecule has 178 valence electrons. The number of halogens is 1. The van der Waals surface area contributed by atoms with Crippen LogP contribution in [0.15, 0.2) is 48.7 Å². The summed E-state index contributed by atoms with van der Waals surface area (Å²) >= 11 is 6.22. The summed E-state index contributed by atoms with van der Waals surface area (Å²) in [5, 5.41) is 3.74. The molecule has 0 bridgehead atoms. The van der Waals surface area contributed by atoms with Gasteiger partial charge in [-0.05, 0) is 67.6 Å². The molecule has 4 rings (SSSR count). The summed E-state index contributed by atoms with van der Waals surface area (Å²) < 4.78 is 10.5. The third-order valence-corrected chi connectivity index (χ3v) is 6.26. The number of rotatable bonds is 7. The van der Waals surface area contributed by atoms with Gasteiger partial charge in [0.05, 0.1) is 14.2 Å². The first-order chi connectivity index (χ1) is 16.4. The Morgan fingerprint density at radius 3 is 2.44 bits per heavy atom. The number of carbonyl (C=O) groups is 1. The van der Waals surface area contributed by atoms with Gasteiger partial charge in [0.2, 0.25) is 0 Å². The first kappa shape index (κ1) is 23.8. The molecular formula is C26H29ClN4O3. The highest BCUT2D eigenvalue weighted by Crippen LogP contribution is 2.26. The number of nitrogens with zero attached hydrogens (tertiary/aromatic N) is 3. The molecule has 0 unspecified atom stereocenters. The second-order valence-corrected chi connectivity index (χ2v) is 8.93. The van der Waals surface area contributed by atoms with Crippen LogP contribution in [0, 0.1) is 12.8 Å². The van der Waals surface area contributed by atoms with Crippen LogP contribution in [0.3, 0.4) is 0 Å². The molecule has 1 fully saturated rings. The van der Waals surface area contributed by atoms with E-state index in [0.717, 1.165) is 42.9 Å². The molecule has 7 nitrogen and oxygen atoms in total. The molecule has 8 heteroatoms. The molecule has 0 atom stereocenters. The molecule has 2 aromatic carbocycles. The van der Waals surface area contributed by atoms with E-state index in [-0.39, 0.29) is 5.91 Å². The fraction of sp³-hybridized carbons (Fsp3) is 0.346. The molecule has 0 aliphatic carbocycles. The molecule has 1 aliphatic heterocycles. The molecule has 1 aromatic heterocycles. The summed E-state index contributed by atoms with van der Waals surface area (Å²) in [7, 11) is 3.14. The number of piperidine rings is 1. The van der Waals surface area contributed by atoms with Crippen LogP contribution in [-0.2, 0) is 0 Å². The second-order valence-electron chi connectivity index (χ2n) is 8.50. The molecule has 34 heavy (non-hydrogen) atoms. The van der Waals surface area contributed by atoms with Gasteiger partial charge in [0.1, 0.15) is 17.3 Å². The van der Waals surface area contributed by atoms with Gasteiger partial charge < -0.3 is 19.7 Å². The third kappa shape index (κ3) is 5.78. The molecule has 1 aliphatic rings. The number of amides is 1. The van der Waals surface area contributed by atoms with Crippen LogP contribution >= 0.6 is 11.6 Å². The van der Waals surface area contributed by atoms with Crippen LogP contribution in [0.5, 0.6) is 11.5 Å². The zero-order chi connectivity index (χ0) is 24.1. The van der Waals surface area contributed by atoms with Crippen LogP contribution in [0.1, 0.15) is 28.8 Å². The monoisotopic (exact) mass is 480 g/mol. The number of aryl methyl sites for hydroxylation is 1. The molecule has 0 radical (unpaired) electrons. The lowest BCUT2D eigenvalue weighted by molar-refractivity contribution is 0.0944. The average Bonchev–Trinajstić information content (AvgIpc) is 2.86. The number of methoxy groups -OCH3 is 2. The van der Waals surface area contributed by atoms with Crippen LogP contribution in [-0.4, -0.2) is 49.7 Å². The summed E-state index contributed by atoms with van der Waals surface area (Å²) in [6.45, 7) is 4.38. The molecule has 1 N–H and O–H groups in total. The van der Waals surface area contributed by atoms with Crippen molar-refractivity contribution >= 4 is 23.3 Å². The van der Waals surface area contributed by atoms with Gasteiger partial charge in [0.25, 0.3) is 5.91 Å². The highest BCUT2D eigenvalue weighted by atomic mass is 35.5. The molecule has 1 amide bonds. The first-order valence-electron chi connectivity index (χ1n) is 11.3. The summed E-state index contributed by atoms with van der Waals surface area (Å²) in [6.07, 6.45) is 3.73. The number of hydrogen-bond donors (Lipinski definition) is 1. The standard InChI is InChI=1S/C26H29ClN4O3/c1-17-10-19(12-21(27)11-17)25-28-7-4-24(30-25)31-8-5-18(6-9-31)16-29-26(32)20-13-22(33-2)15-23(14-20)34-3/h4,7,10-15,18H,5-6,8-9,16H2,1-3H3,(H,29,32). The summed E-state index contributed by atoms with van der Waals surface area (Å²) in [5.41, 5.74) is 2.52. The Hall–Kier alpha value is -3.32. The quantitative estimate of drug-likeness (QED) is 0.525. The van der Waals surface area contributed by atoms with Crippen molar-refractivity contribution in [1.29, 1.82) is 0 Å². The second kappa shape index (κ2) is 10.7. The lowest BCUT2D eigenvalue weighted by atomic mass is 9.96. The van der Waals surface area contributed by atoms with Gasteiger partial charge in [0, 0.05) is 48.0 Å². The fourth-order valence-corrected chi connectivity index (χ4v) is 4.46. The summed E-state index contributed by atoms with van der Waals surface area (Å²) in [4.78, 5) is 24.2. The van der Waals surface area contributed by atoms with E-state index in [9.17, 15) is 4.79 Å². The average molecular weight is 481 g/mol. The highest BCUT2D eigenvalue weighted by molar-refractivity contribution is 6.30. The zero-order valence-electron chi connectivity index (χ0n) is 19.7. The Labute approximate surface area is 205 Å². The molecule has 0 spiro atoms. The summed E-state index contributed by atoms with van der Waals surface area (Å²) in [5.74, 6) is 3.05. The number of hydrogen-bond acceptors (Lipinski definition) is 6. The van der Waals surface area contributed by atoms with Crippen molar-refractivity contribution in [2.75, 3.05) is 38.8 Å². The van der Waals surface area contributed by atoms with Crippen molar-refractivity contribution in [3.05, 3.63) is 64.8 Å².